The van der Waals surface area contributed by atoms with Crippen molar-refractivity contribution >= 4 is 57.2 Å². The molecule has 0 unspecified atom stereocenters. The van der Waals surface area contributed by atoms with Gasteiger partial charge in [-0.1, -0.05) is 36.4 Å². The Bertz CT molecular complexity index is 1330. The summed E-state index contributed by atoms with van der Waals surface area (Å²) in [5, 5.41) is 6.91. The number of hydrogen-bond donors (Lipinski definition) is 1. The molecule has 0 saturated heterocycles. The molecule has 3 aromatic carbocycles. The Balaban J connectivity index is 0.00000231. The van der Waals surface area contributed by atoms with Crippen molar-refractivity contribution < 1.29 is 19.1 Å². The van der Waals surface area contributed by atoms with E-state index in [4.69, 9.17) is 4.74 Å². The van der Waals surface area contributed by atoms with E-state index in [1.807, 2.05) is 29.6 Å². The highest BCUT2D eigenvalue weighted by atomic mass is 35.5. The highest BCUT2D eigenvalue weighted by Crippen LogP contribution is 2.31. The maximum atomic E-state index is 12.9. The zero-order chi connectivity index (χ0) is 20.7. The second-order valence-electron chi connectivity index (χ2n) is 6.96. The lowest BCUT2D eigenvalue weighted by Gasteiger charge is -2.18. The van der Waals surface area contributed by atoms with Crippen LogP contribution in [0.25, 0.3) is 10.8 Å². The summed E-state index contributed by atoms with van der Waals surface area (Å²) in [4.78, 5) is 37.7. The van der Waals surface area contributed by atoms with Gasteiger partial charge in [0.15, 0.2) is 11.6 Å². The minimum atomic E-state index is -0.527. The van der Waals surface area contributed by atoms with E-state index in [2.05, 4.69) is 5.32 Å². The lowest BCUT2D eigenvalue weighted by molar-refractivity contribution is 0.0979. The number of rotatable bonds is 3. The van der Waals surface area contributed by atoms with Crippen LogP contribution >= 0.6 is 23.7 Å². The molecule has 1 aliphatic rings. The molecule has 0 radical (unpaired) electrons. The molecule has 0 atom stereocenters. The fraction of sp³-hybridized carbons (Fsp3) is 0.0417. The van der Waals surface area contributed by atoms with Gasteiger partial charge >= 0.3 is 6.09 Å². The molecule has 1 amide bonds. The number of carbonyl (C=O) groups is 3. The highest BCUT2D eigenvalue weighted by Gasteiger charge is 2.29. The van der Waals surface area contributed by atoms with E-state index in [-0.39, 0.29) is 30.6 Å². The normalized spacial score (nSPS) is 12.0. The molecule has 0 fully saturated rings. The summed E-state index contributed by atoms with van der Waals surface area (Å²) in [6.07, 6.45) is -0.527. The molecule has 0 bridgehead atoms. The molecular weight excluding hydrogens is 434 g/mol. The molecule has 1 N–H and O–H groups in total. The third-order valence-electron chi connectivity index (χ3n) is 5.06. The molecule has 7 heteroatoms. The smallest absolute Gasteiger partial charge is 0.412 e. The maximum Gasteiger partial charge on any atom is 0.412 e. The van der Waals surface area contributed by atoms with Crippen LogP contribution in [-0.4, -0.2) is 17.7 Å². The number of amides is 1. The Morgan fingerprint density at radius 3 is 2.13 bits per heavy atom. The molecule has 0 saturated carbocycles. The van der Waals surface area contributed by atoms with Crippen molar-refractivity contribution in [2.45, 2.75) is 6.61 Å². The van der Waals surface area contributed by atoms with Crippen LogP contribution in [0.3, 0.4) is 0 Å². The standard InChI is InChI=1S/C24H15NO4S.ClH/c26-22-17-4-1-2-5-18(17)23(27)20-12-16-10-14(7-8-15(16)11-19(20)22)13-29-24(28)25-21-6-3-9-30-21;/h1-12H,13H2,(H,25,28);1H. The van der Waals surface area contributed by atoms with Crippen LogP contribution in [0.15, 0.2) is 72.1 Å². The third-order valence-corrected chi connectivity index (χ3v) is 5.85. The first-order valence-corrected chi connectivity index (χ1v) is 10.2. The van der Waals surface area contributed by atoms with E-state index < -0.39 is 6.09 Å². The molecule has 1 aromatic heterocycles. The Morgan fingerprint density at radius 2 is 1.48 bits per heavy atom. The van der Waals surface area contributed by atoms with Crippen molar-refractivity contribution in [2.75, 3.05) is 5.32 Å². The largest absolute Gasteiger partial charge is 0.444 e. The fourth-order valence-electron chi connectivity index (χ4n) is 3.62. The Morgan fingerprint density at radius 1 is 0.806 bits per heavy atom. The molecule has 1 aliphatic carbocycles. The first-order valence-electron chi connectivity index (χ1n) is 9.32. The van der Waals surface area contributed by atoms with Gasteiger partial charge in [-0.15, -0.1) is 23.7 Å². The van der Waals surface area contributed by atoms with Gasteiger partial charge in [0, 0.05) is 22.3 Å². The summed E-state index contributed by atoms with van der Waals surface area (Å²) in [7, 11) is 0. The summed E-state index contributed by atoms with van der Waals surface area (Å²) in [6.45, 7) is 0.0972. The van der Waals surface area contributed by atoms with E-state index >= 15 is 0 Å². The third kappa shape index (κ3) is 3.83. The van der Waals surface area contributed by atoms with Crippen LogP contribution in [0.1, 0.15) is 37.4 Å². The van der Waals surface area contributed by atoms with Gasteiger partial charge in [0.25, 0.3) is 0 Å². The fourth-order valence-corrected chi connectivity index (χ4v) is 4.22. The van der Waals surface area contributed by atoms with E-state index in [0.29, 0.717) is 27.3 Å². The monoisotopic (exact) mass is 449 g/mol. The Hall–Kier alpha value is -3.48. The summed E-state index contributed by atoms with van der Waals surface area (Å²) < 4.78 is 5.28. The molecule has 5 nitrogen and oxygen atoms in total. The van der Waals surface area contributed by atoms with E-state index in [1.165, 1.54) is 11.3 Å². The number of halogens is 1. The van der Waals surface area contributed by atoms with Crippen LogP contribution < -0.4 is 5.32 Å². The predicted octanol–water partition coefficient (Wildman–Crippen LogP) is 5.85. The van der Waals surface area contributed by atoms with Gasteiger partial charge in [0.2, 0.25) is 0 Å². The number of hydrogen-bond acceptors (Lipinski definition) is 5. The van der Waals surface area contributed by atoms with Crippen molar-refractivity contribution in [3.63, 3.8) is 0 Å². The zero-order valence-electron chi connectivity index (χ0n) is 16.1. The SMILES string of the molecule is Cl.O=C(Nc1cccs1)OCc1ccc2cc3c(cc2c1)C(=O)c1ccccc1C3=O. The van der Waals surface area contributed by atoms with Crippen molar-refractivity contribution in [3.05, 3.63) is 99.9 Å². The lowest BCUT2D eigenvalue weighted by Crippen LogP contribution is -2.20. The van der Waals surface area contributed by atoms with E-state index in [1.54, 1.807) is 42.5 Å². The summed E-state index contributed by atoms with van der Waals surface area (Å²) in [5.74, 6) is -0.293. The first-order chi connectivity index (χ1) is 14.6. The Labute approximate surface area is 188 Å². The second kappa shape index (κ2) is 8.34. The number of nitrogens with one attached hydrogen (secondary N) is 1. The van der Waals surface area contributed by atoms with Crippen LogP contribution in [0.2, 0.25) is 0 Å². The van der Waals surface area contributed by atoms with Crippen LogP contribution in [-0.2, 0) is 11.3 Å². The molecule has 0 aliphatic heterocycles. The number of benzene rings is 3. The van der Waals surface area contributed by atoms with Gasteiger partial charge in [0.05, 0.1) is 5.00 Å². The summed E-state index contributed by atoms with van der Waals surface area (Å²) in [5.41, 5.74) is 2.49. The molecular formula is C24H16ClNO4S. The molecule has 31 heavy (non-hydrogen) atoms. The minimum Gasteiger partial charge on any atom is -0.444 e. The maximum absolute atomic E-state index is 12.9. The summed E-state index contributed by atoms with van der Waals surface area (Å²) >= 11 is 1.41. The number of ether oxygens (including phenoxy) is 1. The lowest BCUT2D eigenvalue weighted by atomic mass is 9.83. The van der Waals surface area contributed by atoms with Crippen molar-refractivity contribution in [1.82, 2.24) is 0 Å². The molecule has 0 spiro atoms. The number of anilines is 1. The molecule has 154 valence electrons. The van der Waals surface area contributed by atoms with Gasteiger partial charge in [-0.2, -0.15) is 0 Å². The van der Waals surface area contributed by atoms with Crippen LogP contribution in [0.4, 0.5) is 9.80 Å². The van der Waals surface area contributed by atoms with Gasteiger partial charge in [0.1, 0.15) is 6.61 Å². The minimum absolute atomic E-state index is 0. The number of thiophene rings is 1. The zero-order valence-corrected chi connectivity index (χ0v) is 17.7. The topological polar surface area (TPSA) is 72.5 Å². The average Bonchev–Trinajstić information content (AvgIpc) is 3.28. The molecule has 5 rings (SSSR count). The van der Waals surface area contributed by atoms with Gasteiger partial charge in [-0.05, 0) is 52.0 Å². The van der Waals surface area contributed by atoms with Crippen molar-refractivity contribution in [1.29, 1.82) is 0 Å². The first kappa shape index (κ1) is 20.8. The Kier molecular flexibility index (Phi) is 5.59. The predicted molar refractivity (Wildman–Crippen MR) is 123 cm³/mol. The van der Waals surface area contributed by atoms with Crippen molar-refractivity contribution in [2.24, 2.45) is 0 Å². The summed E-state index contributed by atoms with van der Waals surface area (Å²) in [6, 6.07) is 19.6. The quantitative estimate of drug-likeness (QED) is 0.375. The number of ketones is 2. The van der Waals surface area contributed by atoms with Crippen molar-refractivity contribution in [3.8, 4) is 0 Å². The van der Waals surface area contributed by atoms with Gasteiger partial charge in [-0.3, -0.25) is 14.9 Å². The second-order valence-corrected chi connectivity index (χ2v) is 7.91. The van der Waals surface area contributed by atoms with Crippen LogP contribution in [0, 0.1) is 0 Å². The van der Waals surface area contributed by atoms with Gasteiger partial charge in [-0.25, -0.2) is 4.79 Å². The number of carbonyl (C=O) groups excluding carboxylic acids is 3. The van der Waals surface area contributed by atoms with E-state index in [9.17, 15) is 14.4 Å². The van der Waals surface area contributed by atoms with Crippen LogP contribution in [0.5, 0.6) is 0 Å². The number of fused-ring (bicyclic) bond motifs is 3. The van der Waals surface area contributed by atoms with Gasteiger partial charge < -0.3 is 4.74 Å². The highest BCUT2D eigenvalue weighted by molar-refractivity contribution is 7.14. The molecule has 4 aromatic rings. The van der Waals surface area contributed by atoms with E-state index in [0.717, 1.165) is 16.3 Å². The average molecular weight is 450 g/mol. The molecule has 1 heterocycles.